The average Bonchev–Trinajstić information content (AvgIpc) is 3.01. The number of aromatic hydroxyl groups is 1. The zero-order chi connectivity index (χ0) is 23.0. The number of amides is 1. The normalized spacial score (nSPS) is 18.2. The summed E-state index contributed by atoms with van der Waals surface area (Å²) in [5, 5.41) is 12.4. The van der Waals surface area contributed by atoms with Gasteiger partial charge in [0, 0.05) is 38.4 Å². The van der Waals surface area contributed by atoms with Gasteiger partial charge in [-0.1, -0.05) is 6.07 Å². The first-order valence-corrected chi connectivity index (χ1v) is 10.4. The Morgan fingerprint density at radius 3 is 2.78 bits per heavy atom. The van der Waals surface area contributed by atoms with E-state index in [0.29, 0.717) is 26.1 Å². The highest BCUT2D eigenvalue weighted by Crippen LogP contribution is 2.26. The van der Waals surface area contributed by atoms with Gasteiger partial charge in [-0.3, -0.25) is 24.1 Å². The fourth-order valence-corrected chi connectivity index (χ4v) is 4.18. The lowest BCUT2D eigenvalue weighted by Gasteiger charge is -2.45. The van der Waals surface area contributed by atoms with Crippen LogP contribution in [0.5, 0.6) is 5.75 Å². The maximum absolute atomic E-state index is 13.9. The molecule has 1 atom stereocenters. The Balaban J connectivity index is 1.70. The van der Waals surface area contributed by atoms with Crippen LogP contribution in [-0.4, -0.2) is 58.8 Å². The van der Waals surface area contributed by atoms with Crippen molar-refractivity contribution in [1.29, 1.82) is 0 Å². The fourth-order valence-electron chi connectivity index (χ4n) is 4.18. The van der Waals surface area contributed by atoms with Crippen LogP contribution in [0.2, 0.25) is 0 Å². The van der Waals surface area contributed by atoms with E-state index in [-0.39, 0.29) is 36.3 Å². The molecule has 0 saturated carbocycles. The van der Waals surface area contributed by atoms with Crippen LogP contribution in [0.15, 0.2) is 29.2 Å². The number of likely N-dealkylation sites (N-methyl/N-ethyl adjacent to an activating group) is 1. The third-order valence-electron chi connectivity index (χ3n) is 5.83. The number of benzene rings is 1. The van der Waals surface area contributed by atoms with Crippen LogP contribution in [0, 0.1) is 11.6 Å². The standard InChI is InChI=1S/C22H23F2N3O5/c1-2-25-18-12-32-9-3-8-26(18)27-11-15(20(29)21(30)19(27)22(25)31)17(28)7-5-13-4-6-14(23)10-16(13)24/h4,6,10-11,18,30H,2-3,5,7-9,12H2,1H3/t18-/m0/s1. The lowest BCUT2D eigenvalue weighted by molar-refractivity contribution is 0.0385. The van der Waals surface area contributed by atoms with Gasteiger partial charge in [0.25, 0.3) is 5.91 Å². The highest BCUT2D eigenvalue weighted by Gasteiger charge is 2.40. The van der Waals surface area contributed by atoms with Crippen molar-refractivity contribution in [2.75, 3.05) is 31.3 Å². The molecular formula is C22H23F2N3O5. The Labute approximate surface area is 182 Å². The highest BCUT2D eigenvalue weighted by molar-refractivity contribution is 6.00. The van der Waals surface area contributed by atoms with Gasteiger partial charge >= 0.3 is 0 Å². The van der Waals surface area contributed by atoms with E-state index >= 15 is 0 Å². The third-order valence-corrected chi connectivity index (χ3v) is 5.83. The number of carbonyl (C=O) groups is 2. The number of aryl methyl sites for hydroxylation is 1. The number of carbonyl (C=O) groups excluding carboxylic acids is 2. The lowest BCUT2D eigenvalue weighted by atomic mass is 10.0. The van der Waals surface area contributed by atoms with Gasteiger partial charge in [0.15, 0.2) is 17.2 Å². The first-order chi connectivity index (χ1) is 15.3. The molecule has 1 aromatic carbocycles. The third kappa shape index (κ3) is 3.75. The molecule has 10 heteroatoms. The molecule has 4 rings (SSSR count). The van der Waals surface area contributed by atoms with Crippen molar-refractivity contribution in [3.05, 3.63) is 63.1 Å². The second-order valence-corrected chi connectivity index (χ2v) is 7.74. The molecule has 1 aromatic heterocycles. The van der Waals surface area contributed by atoms with E-state index in [0.717, 1.165) is 12.1 Å². The maximum atomic E-state index is 13.9. The molecule has 0 unspecified atom stereocenters. The summed E-state index contributed by atoms with van der Waals surface area (Å²) in [4.78, 5) is 40.1. The van der Waals surface area contributed by atoms with Crippen LogP contribution >= 0.6 is 0 Å². The van der Waals surface area contributed by atoms with Crippen molar-refractivity contribution in [1.82, 2.24) is 9.58 Å². The molecule has 2 aliphatic rings. The Kier molecular flexibility index (Phi) is 5.96. The largest absolute Gasteiger partial charge is 0.502 e. The van der Waals surface area contributed by atoms with Gasteiger partial charge in [0.1, 0.15) is 17.8 Å². The van der Waals surface area contributed by atoms with Gasteiger partial charge < -0.3 is 14.7 Å². The molecule has 170 valence electrons. The van der Waals surface area contributed by atoms with Gasteiger partial charge in [-0.2, -0.15) is 0 Å². The van der Waals surface area contributed by atoms with Crippen LogP contribution < -0.4 is 10.4 Å². The average molecular weight is 447 g/mol. The molecule has 1 N–H and O–H groups in total. The molecule has 1 amide bonds. The molecule has 1 fully saturated rings. The second kappa shape index (κ2) is 8.70. The van der Waals surface area contributed by atoms with Crippen molar-refractivity contribution in [2.24, 2.45) is 0 Å². The number of hydrogen-bond donors (Lipinski definition) is 1. The molecule has 2 aromatic rings. The number of ketones is 1. The van der Waals surface area contributed by atoms with E-state index in [1.807, 2.05) is 0 Å². The minimum Gasteiger partial charge on any atom is -0.502 e. The first-order valence-electron chi connectivity index (χ1n) is 10.4. The zero-order valence-electron chi connectivity index (χ0n) is 17.5. The summed E-state index contributed by atoms with van der Waals surface area (Å²) in [5.41, 5.74) is -1.30. The van der Waals surface area contributed by atoms with E-state index in [9.17, 15) is 28.3 Å². The summed E-state index contributed by atoms with van der Waals surface area (Å²) in [6.07, 6.45) is 1.21. The van der Waals surface area contributed by atoms with Crippen molar-refractivity contribution in [3.8, 4) is 5.75 Å². The number of hydrogen-bond acceptors (Lipinski definition) is 6. The second-order valence-electron chi connectivity index (χ2n) is 7.74. The molecule has 0 aliphatic carbocycles. The summed E-state index contributed by atoms with van der Waals surface area (Å²) in [5.74, 6) is -3.44. The minimum atomic E-state index is -0.949. The summed E-state index contributed by atoms with van der Waals surface area (Å²) in [6, 6.07) is 3.07. The van der Waals surface area contributed by atoms with Gasteiger partial charge in [0.2, 0.25) is 5.43 Å². The van der Waals surface area contributed by atoms with E-state index < -0.39 is 40.7 Å². The number of rotatable bonds is 5. The van der Waals surface area contributed by atoms with Crippen LogP contribution in [0.3, 0.4) is 0 Å². The van der Waals surface area contributed by atoms with Crippen molar-refractivity contribution < 1.29 is 28.2 Å². The predicted molar refractivity (Wildman–Crippen MR) is 110 cm³/mol. The monoisotopic (exact) mass is 447 g/mol. The Bertz CT molecular complexity index is 1130. The summed E-state index contributed by atoms with van der Waals surface area (Å²) < 4.78 is 34.0. The molecule has 0 spiro atoms. The number of Topliss-reactive ketones (excluding diaryl/α,β-unsaturated/α-hetero) is 1. The fraction of sp³-hybridized carbons (Fsp3) is 0.409. The van der Waals surface area contributed by atoms with Crippen molar-refractivity contribution in [3.63, 3.8) is 0 Å². The zero-order valence-corrected chi connectivity index (χ0v) is 17.5. The number of fused-ring (bicyclic) bond motifs is 3. The van der Waals surface area contributed by atoms with Crippen LogP contribution in [0.1, 0.15) is 46.2 Å². The lowest BCUT2D eigenvalue weighted by Crippen LogP contribution is -2.62. The summed E-state index contributed by atoms with van der Waals surface area (Å²) >= 11 is 0. The number of nitrogens with zero attached hydrogens (tertiary/aromatic N) is 3. The maximum Gasteiger partial charge on any atom is 0.278 e. The van der Waals surface area contributed by atoms with Gasteiger partial charge in [0.05, 0.1) is 12.2 Å². The van der Waals surface area contributed by atoms with E-state index in [2.05, 4.69) is 0 Å². The number of pyridine rings is 1. The molecule has 0 bridgehead atoms. The number of aromatic nitrogens is 1. The van der Waals surface area contributed by atoms with E-state index in [1.165, 1.54) is 21.8 Å². The predicted octanol–water partition coefficient (Wildman–Crippen LogP) is 1.81. The molecule has 2 aliphatic heterocycles. The Morgan fingerprint density at radius 2 is 2.06 bits per heavy atom. The molecule has 8 nitrogen and oxygen atoms in total. The molecular weight excluding hydrogens is 424 g/mol. The minimum absolute atomic E-state index is 0.0460. The van der Waals surface area contributed by atoms with Crippen LogP contribution in [0.4, 0.5) is 8.78 Å². The van der Waals surface area contributed by atoms with Crippen LogP contribution in [-0.2, 0) is 11.2 Å². The highest BCUT2D eigenvalue weighted by atomic mass is 19.1. The smallest absolute Gasteiger partial charge is 0.278 e. The van der Waals surface area contributed by atoms with E-state index in [4.69, 9.17) is 4.74 Å². The molecule has 1 saturated heterocycles. The molecule has 0 radical (unpaired) electrons. The first kappa shape index (κ1) is 21.9. The SMILES string of the molecule is CCN1C(=O)c2c(O)c(=O)c(C(=O)CCc3ccc(F)cc3F)cn2N2CCCOC[C@@H]12. The van der Waals surface area contributed by atoms with Crippen LogP contribution in [0.25, 0.3) is 0 Å². The summed E-state index contributed by atoms with van der Waals surface area (Å²) in [6.45, 7) is 3.37. The van der Waals surface area contributed by atoms with Gasteiger partial charge in [-0.15, -0.1) is 0 Å². The number of ether oxygens (including phenoxy) is 1. The van der Waals surface area contributed by atoms with Gasteiger partial charge in [-0.25, -0.2) is 8.78 Å². The Hall–Kier alpha value is -3.27. The molecule has 32 heavy (non-hydrogen) atoms. The molecule has 3 heterocycles. The van der Waals surface area contributed by atoms with E-state index in [1.54, 1.807) is 11.9 Å². The topological polar surface area (TPSA) is 92.1 Å². The Morgan fingerprint density at radius 1 is 1.28 bits per heavy atom. The summed E-state index contributed by atoms with van der Waals surface area (Å²) in [7, 11) is 0. The van der Waals surface area contributed by atoms with Gasteiger partial charge in [-0.05, 0) is 31.4 Å². The van der Waals surface area contributed by atoms with Crippen molar-refractivity contribution >= 4 is 11.7 Å². The van der Waals surface area contributed by atoms with Crippen molar-refractivity contribution in [2.45, 2.75) is 32.4 Å². The quantitative estimate of drug-likeness (QED) is 0.703. The number of halogens is 2.